The Bertz CT molecular complexity index is 986. The monoisotopic (exact) mass is 404 g/mol. The summed E-state index contributed by atoms with van der Waals surface area (Å²) in [5, 5.41) is 11.1. The van der Waals surface area contributed by atoms with E-state index in [-0.39, 0.29) is 11.9 Å². The van der Waals surface area contributed by atoms with Gasteiger partial charge in [-0.05, 0) is 32.3 Å². The zero-order chi connectivity index (χ0) is 21.6. The third kappa shape index (κ3) is 5.63. The van der Waals surface area contributed by atoms with Crippen molar-refractivity contribution in [2.24, 2.45) is 10.2 Å². The van der Waals surface area contributed by atoms with Crippen molar-refractivity contribution in [2.45, 2.75) is 58.0 Å². The van der Waals surface area contributed by atoms with Gasteiger partial charge in [0.2, 0.25) is 11.9 Å². The molecule has 0 radical (unpaired) electrons. The van der Waals surface area contributed by atoms with E-state index in [9.17, 15) is 4.79 Å². The second-order valence-corrected chi connectivity index (χ2v) is 7.70. The Labute approximate surface area is 177 Å². The maximum absolute atomic E-state index is 12.2. The molecule has 1 aromatic heterocycles. The molecule has 30 heavy (non-hydrogen) atoms. The van der Waals surface area contributed by atoms with Gasteiger partial charge in [-0.25, -0.2) is 9.97 Å². The van der Waals surface area contributed by atoms with Gasteiger partial charge >= 0.3 is 0 Å². The highest BCUT2D eigenvalue weighted by atomic mass is 16.1. The molecule has 2 aromatic rings. The van der Waals surface area contributed by atoms with E-state index < -0.39 is 5.66 Å². The molecule has 3 N–H and O–H groups in total. The number of anilines is 1. The van der Waals surface area contributed by atoms with Gasteiger partial charge in [-0.2, -0.15) is 10.2 Å². The number of carbonyl (C=O) groups is 1. The van der Waals surface area contributed by atoms with Gasteiger partial charge in [0.1, 0.15) is 0 Å². The predicted molar refractivity (Wildman–Crippen MR) is 118 cm³/mol. The maximum Gasteiger partial charge on any atom is 0.220 e. The third-order valence-corrected chi connectivity index (χ3v) is 5.21. The van der Waals surface area contributed by atoms with Gasteiger partial charge in [0.05, 0.1) is 11.4 Å². The van der Waals surface area contributed by atoms with Crippen LogP contribution >= 0.6 is 0 Å². The number of nitrogens with one attached hydrogen (secondary N) is 1. The molecule has 3 rings (SSSR count). The molecule has 0 saturated heterocycles. The van der Waals surface area contributed by atoms with Gasteiger partial charge in [0.15, 0.2) is 5.66 Å². The second kappa shape index (κ2) is 9.49. The number of rotatable bonds is 10. The Morgan fingerprint density at radius 2 is 2.03 bits per heavy atom. The Balaban J connectivity index is 1.52. The molecule has 7 heteroatoms. The summed E-state index contributed by atoms with van der Waals surface area (Å²) in [7, 11) is 0. The summed E-state index contributed by atoms with van der Waals surface area (Å²) in [6, 6.07) is 8.27. The standard InChI is InChI=1S/C23H28N6O/c1-4-5-12-23(28-29-23)13-11-20(30)25-14-7-10-19-21(17(3)26-22(24)27-19)18-9-6-8-16(2)15-18/h1,6,8-9,15H,5,7,10-14H2,2-3H3,(H,25,30)(H2,24,26,27). The second-order valence-electron chi connectivity index (χ2n) is 7.70. The molecule has 7 nitrogen and oxygen atoms in total. The molecule has 1 amide bonds. The number of nitrogens with two attached hydrogens (primary N) is 1. The predicted octanol–water partition coefficient (Wildman–Crippen LogP) is 3.75. The highest BCUT2D eigenvalue weighted by Crippen LogP contribution is 2.37. The lowest BCUT2D eigenvalue weighted by Gasteiger charge is -2.13. The fraction of sp³-hybridized carbons (Fsp3) is 0.435. The lowest BCUT2D eigenvalue weighted by atomic mass is 9.98. The molecule has 0 aliphatic carbocycles. The van der Waals surface area contributed by atoms with Crippen LogP contribution in [-0.4, -0.2) is 28.1 Å². The van der Waals surface area contributed by atoms with Crippen LogP contribution in [0.15, 0.2) is 34.5 Å². The number of amides is 1. The van der Waals surface area contributed by atoms with Crippen LogP contribution in [0.25, 0.3) is 11.1 Å². The first-order valence-electron chi connectivity index (χ1n) is 10.3. The van der Waals surface area contributed by atoms with Gasteiger partial charge in [-0.15, -0.1) is 12.3 Å². The minimum absolute atomic E-state index is 0.00433. The topological polar surface area (TPSA) is 106 Å². The van der Waals surface area contributed by atoms with E-state index in [1.54, 1.807) is 0 Å². The number of aromatic nitrogens is 2. The van der Waals surface area contributed by atoms with Crippen LogP contribution in [0.2, 0.25) is 0 Å². The molecule has 1 aliphatic rings. The van der Waals surface area contributed by atoms with Gasteiger partial charge in [-0.3, -0.25) is 4.79 Å². The van der Waals surface area contributed by atoms with E-state index in [0.717, 1.165) is 28.9 Å². The molecule has 2 heterocycles. The minimum atomic E-state index is -0.414. The number of terminal acetylenes is 1. The fourth-order valence-electron chi connectivity index (χ4n) is 3.57. The first-order valence-corrected chi connectivity index (χ1v) is 10.3. The van der Waals surface area contributed by atoms with Crippen molar-refractivity contribution >= 4 is 11.9 Å². The lowest BCUT2D eigenvalue weighted by molar-refractivity contribution is -0.121. The molecule has 1 aromatic carbocycles. The molecule has 0 fully saturated rings. The van der Waals surface area contributed by atoms with E-state index in [1.807, 2.05) is 13.0 Å². The van der Waals surface area contributed by atoms with Crippen molar-refractivity contribution in [3.8, 4) is 23.5 Å². The van der Waals surface area contributed by atoms with Crippen LogP contribution in [-0.2, 0) is 11.2 Å². The van der Waals surface area contributed by atoms with Crippen molar-refractivity contribution in [3.63, 3.8) is 0 Å². The largest absolute Gasteiger partial charge is 0.368 e. The number of carbonyl (C=O) groups excluding carboxylic acids is 1. The van der Waals surface area contributed by atoms with Crippen LogP contribution in [0.5, 0.6) is 0 Å². The summed E-state index contributed by atoms with van der Waals surface area (Å²) in [6.45, 7) is 4.58. The van der Waals surface area contributed by atoms with Crippen LogP contribution in [0, 0.1) is 26.2 Å². The lowest BCUT2D eigenvalue weighted by Crippen LogP contribution is -2.26. The van der Waals surface area contributed by atoms with Gasteiger partial charge in [0.25, 0.3) is 0 Å². The summed E-state index contributed by atoms with van der Waals surface area (Å²) < 4.78 is 0. The smallest absolute Gasteiger partial charge is 0.220 e. The average Bonchev–Trinajstić information content (AvgIpc) is 3.48. The fourth-order valence-corrected chi connectivity index (χ4v) is 3.57. The van der Waals surface area contributed by atoms with Crippen molar-refractivity contribution < 1.29 is 4.79 Å². The Kier molecular flexibility index (Phi) is 6.78. The molecule has 1 aliphatic heterocycles. The molecule has 0 spiro atoms. The number of nitrogens with zero attached hydrogens (tertiary/aromatic N) is 4. The SMILES string of the molecule is C#CCCC1(CCC(=O)NCCCc2nc(N)nc(C)c2-c2cccc(C)c2)N=N1. The van der Waals surface area contributed by atoms with Crippen LogP contribution in [0.3, 0.4) is 0 Å². The first kappa shape index (κ1) is 21.4. The highest BCUT2D eigenvalue weighted by molar-refractivity contribution is 5.76. The van der Waals surface area contributed by atoms with Gasteiger partial charge in [-0.1, -0.05) is 29.8 Å². The van der Waals surface area contributed by atoms with Crippen molar-refractivity contribution in [1.82, 2.24) is 15.3 Å². The first-order chi connectivity index (χ1) is 14.4. The van der Waals surface area contributed by atoms with E-state index in [2.05, 4.69) is 56.6 Å². The molecule has 156 valence electrons. The summed E-state index contributed by atoms with van der Waals surface area (Å²) in [5.41, 5.74) is 10.5. The normalized spacial score (nSPS) is 13.6. The molecule has 0 atom stereocenters. The van der Waals surface area contributed by atoms with E-state index >= 15 is 0 Å². The summed E-state index contributed by atoms with van der Waals surface area (Å²) in [6.07, 6.45) is 9.10. The quantitative estimate of drug-likeness (QED) is 0.465. The molecule has 0 saturated carbocycles. The number of benzene rings is 1. The van der Waals surface area contributed by atoms with Crippen molar-refractivity contribution in [2.75, 3.05) is 12.3 Å². The van der Waals surface area contributed by atoms with Gasteiger partial charge in [0, 0.05) is 37.8 Å². The minimum Gasteiger partial charge on any atom is -0.368 e. The third-order valence-electron chi connectivity index (χ3n) is 5.21. The van der Waals surface area contributed by atoms with Gasteiger partial charge < -0.3 is 11.1 Å². The molecular weight excluding hydrogens is 376 g/mol. The number of hydrogen-bond donors (Lipinski definition) is 2. The summed E-state index contributed by atoms with van der Waals surface area (Å²) >= 11 is 0. The zero-order valence-corrected chi connectivity index (χ0v) is 17.6. The van der Waals surface area contributed by atoms with Crippen LogP contribution < -0.4 is 11.1 Å². The number of hydrogen-bond acceptors (Lipinski definition) is 6. The molecular formula is C23H28N6O. The van der Waals surface area contributed by atoms with E-state index in [1.165, 1.54) is 5.56 Å². The van der Waals surface area contributed by atoms with Crippen molar-refractivity contribution in [3.05, 3.63) is 41.2 Å². The summed E-state index contributed by atoms with van der Waals surface area (Å²) in [4.78, 5) is 21.0. The number of nitrogen functional groups attached to an aromatic ring is 1. The highest BCUT2D eigenvalue weighted by Gasteiger charge is 2.39. The van der Waals surface area contributed by atoms with E-state index in [0.29, 0.717) is 38.6 Å². The maximum atomic E-state index is 12.2. The molecule has 0 bridgehead atoms. The zero-order valence-electron chi connectivity index (χ0n) is 17.6. The Morgan fingerprint density at radius 3 is 2.73 bits per heavy atom. The van der Waals surface area contributed by atoms with Crippen LogP contribution in [0.4, 0.5) is 5.95 Å². The Morgan fingerprint density at radius 1 is 1.23 bits per heavy atom. The summed E-state index contributed by atoms with van der Waals surface area (Å²) in [5.74, 6) is 2.88. The van der Waals surface area contributed by atoms with E-state index in [4.69, 9.17) is 12.2 Å². The molecule has 0 unspecified atom stereocenters. The van der Waals surface area contributed by atoms with Crippen LogP contribution in [0.1, 0.15) is 49.1 Å². The van der Waals surface area contributed by atoms with Crippen molar-refractivity contribution in [1.29, 1.82) is 0 Å². The average molecular weight is 405 g/mol. The Hall–Kier alpha value is -3.27. The number of aryl methyl sites for hydroxylation is 3.